The monoisotopic (exact) mass is 841 g/mol. The van der Waals surface area contributed by atoms with Gasteiger partial charge in [0.1, 0.15) is 0 Å². The van der Waals surface area contributed by atoms with Crippen LogP contribution in [-0.4, -0.2) is 12.5 Å². The van der Waals surface area contributed by atoms with Crippen molar-refractivity contribution in [2.45, 2.75) is 69.1 Å². The van der Waals surface area contributed by atoms with Crippen LogP contribution in [-0.2, 0) is 10.8 Å². The van der Waals surface area contributed by atoms with E-state index < -0.39 is 10.0 Å². The lowest BCUT2D eigenvalue weighted by molar-refractivity contribution is 0.590. The molecule has 0 N–H and O–H groups in total. The van der Waals surface area contributed by atoms with E-state index >= 15 is 0 Å². The second-order valence-electron chi connectivity index (χ2n) is 16.5. The van der Waals surface area contributed by atoms with E-state index in [9.17, 15) is 0 Å². The van der Waals surface area contributed by atoms with Crippen molar-refractivity contribution < 1.29 is 0 Å². The highest BCUT2D eigenvalue weighted by atomic mass is 127. The third-order valence-electron chi connectivity index (χ3n) is 11.4. The Morgan fingerprint density at radius 3 is 2.02 bits per heavy atom. The molecule has 0 saturated carbocycles. The van der Waals surface area contributed by atoms with Crippen LogP contribution in [0.25, 0.3) is 32.3 Å². The minimum Gasteiger partial charge on any atom is -0.308 e. The summed E-state index contributed by atoms with van der Waals surface area (Å²) in [6.45, 7) is 16.3. The van der Waals surface area contributed by atoms with E-state index in [0.29, 0.717) is 0 Å². The van der Waals surface area contributed by atoms with Crippen LogP contribution in [0.1, 0.15) is 62.4 Å². The summed E-state index contributed by atoms with van der Waals surface area (Å²) >= 11 is 4.53. The average Bonchev–Trinajstić information content (AvgIpc) is 3.57. The maximum absolute atomic E-state index is 2.62. The third kappa shape index (κ3) is 6.06. The van der Waals surface area contributed by atoms with Gasteiger partial charge in [0.2, 0.25) is 0 Å². The van der Waals surface area contributed by atoms with E-state index in [-0.39, 0.29) is 10.8 Å². The number of fused-ring (bicyclic) bond motifs is 4. The highest BCUT2D eigenvalue weighted by Gasteiger charge is 2.37. The topological polar surface area (TPSA) is 3.24 Å². The number of thiophene rings is 1. The van der Waals surface area contributed by atoms with Crippen LogP contribution in [0.15, 0.2) is 137 Å². The van der Waals surface area contributed by atoms with Crippen LogP contribution in [0.3, 0.4) is 0 Å². The van der Waals surface area contributed by atoms with Crippen molar-refractivity contribution in [3.05, 3.63) is 158 Å². The van der Waals surface area contributed by atoms with Gasteiger partial charge < -0.3 is 4.90 Å². The minimum absolute atomic E-state index is 0.0440. The molecule has 7 aromatic rings. The Morgan fingerprint density at radius 2 is 1.32 bits per heavy atom. The Morgan fingerprint density at radius 1 is 0.660 bits per heavy atom. The Bertz CT molecular complexity index is 2520. The molecule has 268 valence electrons. The maximum Gasteiger partial charge on any atom is 0.0906 e. The van der Waals surface area contributed by atoms with E-state index in [1.54, 1.807) is 0 Å². The van der Waals surface area contributed by atoms with Gasteiger partial charge in [-0.1, -0.05) is 120 Å². The van der Waals surface area contributed by atoms with Gasteiger partial charge in [-0.3, -0.25) is 0 Å². The Balaban J connectivity index is 1.45. The van der Waals surface area contributed by atoms with Crippen molar-refractivity contribution >= 4 is 71.1 Å². The lowest BCUT2D eigenvalue weighted by Gasteiger charge is -2.38. The van der Waals surface area contributed by atoms with Crippen molar-refractivity contribution in [1.29, 1.82) is 0 Å². The Kier molecular flexibility index (Phi) is 8.99. The number of aryl methyl sites for hydroxylation is 1. The molecule has 1 aromatic heterocycles. The standard InChI is InChI=1S/C49H48INS2/c1-31-17-13-16-22-44(31)53(8,9)45-28-34(33-18-11-10-12-19-33)27-42(32(45)2)51(36-25-23-35(24-26-36)48(3,4)5)46-39-29-38-37-20-14-15-21-40(37)49(6,7)41(38)30-43(39)52-47(46)50/h10-30H,1-9H3. The van der Waals surface area contributed by atoms with Crippen LogP contribution in [0.2, 0.25) is 0 Å². The van der Waals surface area contributed by atoms with Crippen molar-refractivity contribution in [3.63, 3.8) is 0 Å². The molecule has 0 radical (unpaired) electrons. The molecule has 0 unspecified atom stereocenters. The molecule has 0 amide bonds. The van der Waals surface area contributed by atoms with Gasteiger partial charge in [0, 0.05) is 21.2 Å². The SMILES string of the molecule is Cc1ccccc1S(C)(C)c1cc(-c2ccccc2)cc(N(c2ccc(C(C)(C)C)cc2)c2c(I)sc3cc4c(cc23)-c2ccccc2C4(C)C)c1C. The first-order valence-electron chi connectivity index (χ1n) is 18.4. The molecule has 0 aliphatic heterocycles. The summed E-state index contributed by atoms with van der Waals surface area (Å²) in [7, 11) is -1.40. The zero-order chi connectivity index (χ0) is 37.4. The predicted molar refractivity (Wildman–Crippen MR) is 243 cm³/mol. The van der Waals surface area contributed by atoms with Crippen LogP contribution >= 0.6 is 44.0 Å². The average molecular weight is 842 g/mol. The first kappa shape index (κ1) is 36.2. The first-order valence-corrected chi connectivity index (χ1v) is 22.8. The molecule has 53 heavy (non-hydrogen) atoms. The van der Waals surface area contributed by atoms with Gasteiger partial charge >= 0.3 is 0 Å². The van der Waals surface area contributed by atoms with Crippen LogP contribution in [0.4, 0.5) is 17.1 Å². The Hall–Kier alpha value is -3.84. The lowest BCUT2D eigenvalue weighted by Crippen LogP contribution is -2.16. The predicted octanol–water partition coefficient (Wildman–Crippen LogP) is 15.3. The molecule has 1 aliphatic rings. The molecule has 4 heteroatoms. The van der Waals surface area contributed by atoms with E-state index in [1.165, 1.54) is 89.9 Å². The smallest absolute Gasteiger partial charge is 0.0906 e. The molecule has 0 saturated heterocycles. The van der Waals surface area contributed by atoms with Gasteiger partial charge in [0.05, 0.1) is 14.3 Å². The summed E-state index contributed by atoms with van der Waals surface area (Å²) in [5.74, 6) is 0. The summed E-state index contributed by atoms with van der Waals surface area (Å²) in [5.41, 5.74) is 15.7. The largest absolute Gasteiger partial charge is 0.308 e. The fourth-order valence-corrected chi connectivity index (χ4v) is 13.4. The molecule has 0 fully saturated rings. The molecule has 1 heterocycles. The summed E-state index contributed by atoms with van der Waals surface area (Å²) in [6.07, 6.45) is 4.95. The summed E-state index contributed by atoms with van der Waals surface area (Å²) in [4.78, 5) is 5.45. The second kappa shape index (κ2) is 13.2. The van der Waals surface area contributed by atoms with Crippen molar-refractivity contribution in [1.82, 2.24) is 0 Å². The number of halogens is 1. The van der Waals surface area contributed by atoms with Crippen molar-refractivity contribution in [2.75, 3.05) is 17.4 Å². The summed E-state index contributed by atoms with van der Waals surface area (Å²) < 4.78 is 2.63. The van der Waals surface area contributed by atoms with Gasteiger partial charge in [-0.05, 0) is 157 Å². The first-order chi connectivity index (χ1) is 25.2. The summed E-state index contributed by atoms with van der Waals surface area (Å²) in [5, 5.41) is 1.31. The van der Waals surface area contributed by atoms with Gasteiger partial charge in [-0.25, -0.2) is 0 Å². The quantitative estimate of drug-likeness (QED) is 0.151. The number of benzene rings is 6. The highest BCUT2D eigenvalue weighted by Crippen LogP contribution is 2.61. The fraction of sp³-hybridized carbons (Fsp3) is 0.224. The van der Waals surface area contributed by atoms with Gasteiger partial charge in [0.15, 0.2) is 0 Å². The molecule has 0 atom stereocenters. The minimum atomic E-state index is -1.40. The lowest BCUT2D eigenvalue weighted by atomic mass is 9.82. The zero-order valence-corrected chi connectivity index (χ0v) is 36.1. The molecule has 8 rings (SSSR count). The van der Waals surface area contributed by atoms with Gasteiger partial charge in [-0.15, -0.1) is 11.3 Å². The van der Waals surface area contributed by atoms with E-state index in [4.69, 9.17) is 0 Å². The van der Waals surface area contributed by atoms with E-state index in [1.807, 2.05) is 11.3 Å². The van der Waals surface area contributed by atoms with E-state index in [2.05, 4.69) is 216 Å². The van der Waals surface area contributed by atoms with Gasteiger partial charge in [-0.2, -0.15) is 10.0 Å². The zero-order valence-electron chi connectivity index (χ0n) is 32.3. The molecule has 0 bridgehead atoms. The molecule has 6 aromatic carbocycles. The highest BCUT2D eigenvalue weighted by molar-refractivity contribution is 14.1. The molecular weight excluding hydrogens is 794 g/mol. The van der Waals surface area contributed by atoms with Crippen LogP contribution in [0.5, 0.6) is 0 Å². The molecule has 0 spiro atoms. The molecule has 1 nitrogen and oxygen atoms in total. The Labute approximate surface area is 335 Å². The van der Waals surface area contributed by atoms with E-state index in [0.717, 1.165) is 0 Å². The number of hydrogen-bond acceptors (Lipinski definition) is 2. The number of hydrogen-bond donors (Lipinski definition) is 0. The molecule has 1 aliphatic carbocycles. The molecular formula is C49H48INS2. The normalized spacial score (nSPS) is 13.9. The third-order valence-corrected chi connectivity index (χ3v) is 16.6. The maximum atomic E-state index is 2.62. The number of anilines is 3. The van der Waals surface area contributed by atoms with Crippen molar-refractivity contribution in [3.8, 4) is 22.3 Å². The number of nitrogens with zero attached hydrogens (tertiary/aromatic N) is 1. The van der Waals surface area contributed by atoms with Crippen LogP contribution in [0, 0.1) is 16.7 Å². The number of rotatable bonds is 6. The second-order valence-corrected chi connectivity index (χ2v) is 22.9. The van der Waals surface area contributed by atoms with Crippen LogP contribution < -0.4 is 4.90 Å². The van der Waals surface area contributed by atoms with Gasteiger partial charge in [0.25, 0.3) is 0 Å². The summed E-state index contributed by atoms with van der Waals surface area (Å²) in [6, 6.07) is 48.2. The van der Waals surface area contributed by atoms with Crippen molar-refractivity contribution in [2.24, 2.45) is 0 Å². The fourth-order valence-electron chi connectivity index (χ4n) is 8.44.